The van der Waals surface area contributed by atoms with Crippen LogP contribution in [-0.4, -0.2) is 43.0 Å². The van der Waals surface area contributed by atoms with Crippen molar-refractivity contribution in [1.82, 2.24) is 4.90 Å². The molecule has 6 heteroatoms. The maximum atomic E-state index is 13.0. The fourth-order valence-electron chi connectivity index (χ4n) is 4.32. The zero-order valence-electron chi connectivity index (χ0n) is 17.3. The van der Waals surface area contributed by atoms with E-state index in [2.05, 4.69) is 21.6 Å². The second kappa shape index (κ2) is 9.65. The van der Waals surface area contributed by atoms with Crippen molar-refractivity contribution in [3.8, 4) is 0 Å². The second-order valence-corrected chi connectivity index (χ2v) is 8.14. The standard InChI is InChI=1S/C24H30N4O2/c29-23(26-21-13-5-6-14-22(21)27-15-7-2-8-16-27)19-10-9-17-28(18-19)24(30)25-20-11-3-1-4-12-20/h1,3-6,11-14,19H,2,7-10,15-18H2,(H,25,30)(H,26,29). The highest BCUT2D eigenvalue weighted by Crippen LogP contribution is 2.29. The highest BCUT2D eigenvalue weighted by atomic mass is 16.2. The molecule has 2 fully saturated rings. The lowest BCUT2D eigenvalue weighted by Crippen LogP contribution is -2.45. The Morgan fingerprint density at radius 2 is 1.53 bits per heavy atom. The van der Waals surface area contributed by atoms with Gasteiger partial charge in [-0.3, -0.25) is 4.79 Å². The third kappa shape index (κ3) is 4.93. The summed E-state index contributed by atoms with van der Waals surface area (Å²) in [6, 6.07) is 17.3. The number of urea groups is 1. The van der Waals surface area contributed by atoms with Crippen LogP contribution in [0, 0.1) is 5.92 Å². The molecule has 2 aliphatic rings. The molecule has 3 amide bonds. The number of piperidine rings is 2. The first kappa shape index (κ1) is 20.3. The van der Waals surface area contributed by atoms with E-state index in [9.17, 15) is 9.59 Å². The van der Waals surface area contributed by atoms with E-state index in [0.717, 1.165) is 43.0 Å². The average Bonchev–Trinajstić information content (AvgIpc) is 2.81. The molecular weight excluding hydrogens is 376 g/mol. The Hall–Kier alpha value is -3.02. The van der Waals surface area contributed by atoms with E-state index in [1.165, 1.54) is 19.3 Å². The summed E-state index contributed by atoms with van der Waals surface area (Å²) in [6.45, 7) is 3.18. The zero-order valence-corrected chi connectivity index (χ0v) is 17.3. The SMILES string of the molecule is O=C(Nc1ccccc1N1CCCCC1)C1CCCN(C(=O)Nc2ccccc2)C1. The summed E-state index contributed by atoms with van der Waals surface area (Å²) < 4.78 is 0. The molecule has 0 saturated carbocycles. The predicted octanol–water partition coefficient (Wildman–Crippen LogP) is 4.56. The number of likely N-dealkylation sites (tertiary alicyclic amines) is 1. The summed E-state index contributed by atoms with van der Waals surface area (Å²) in [5.74, 6) is -0.202. The van der Waals surface area contributed by atoms with Crippen molar-refractivity contribution < 1.29 is 9.59 Å². The quantitative estimate of drug-likeness (QED) is 0.782. The normalized spacial score (nSPS) is 19.3. The molecule has 0 spiro atoms. The van der Waals surface area contributed by atoms with E-state index in [0.29, 0.717) is 13.1 Å². The van der Waals surface area contributed by atoms with Crippen molar-refractivity contribution in [3.05, 3.63) is 54.6 Å². The van der Waals surface area contributed by atoms with Crippen molar-refractivity contribution in [2.45, 2.75) is 32.1 Å². The van der Waals surface area contributed by atoms with Crippen LogP contribution in [0.15, 0.2) is 54.6 Å². The zero-order chi connectivity index (χ0) is 20.8. The lowest BCUT2D eigenvalue weighted by molar-refractivity contribution is -0.121. The van der Waals surface area contributed by atoms with Gasteiger partial charge in [-0.15, -0.1) is 0 Å². The molecule has 2 N–H and O–H groups in total. The van der Waals surface area contributed by atoms with E-state index in [1.54, 1.807) is 4.90 Å². The lowest BCUT2D eigenvalue weighted by atomic mass is 9.97. The van der Waals surface area contributed by atoms with Gasteiger partial charge in [0.15, 0.2) is 0 Å². The Bertz CT molecular complexity index is 865. The number of carbonyl (C=O) groups excluding carboxylic acids is 2. The molecule has 2 aliphatic heterocycles. The van der Waals surface area contributed by atoms with Crippen LogP contribution in [0.4, 0.5) is 21.9 Å². The van der Waals surface area contributed by atoms with E-state index in [-0.39, 0.29) is 17.9 Å². The van der Waals surface area contributed by atoms with Gasteiger partial charge in [-0.1, -0.05) is 30.3 Å². The number of para-hydroxylation sites is 3. The third-order valence-corrected chi connectivity index (χ3v) is 5.96. The minimum absolute atomic E-state index is 0.00308. The second-order valence-electron chi connectivity index (χ2n) is 8.14. The van der Waals surface area contributed by atoms with Crippen molar-refractivity contribution in [2.24, 2.45) is 5.92 Å². The van der Waals surface area contributed by atoms with Gasteiger partial charge in [-0.05, 0) is 56.4 Å². The summed E-state index contributed by atoms with van der Waals surface area (Å²) >= 11 is 0. The fourth-order valence-corrected chi connectivity index (χ4v) is 4.32. The number of amides is 3. The number of rotatable bonds is 4. The van der Waals surface area contributed by atoms with Crippen LogP contribution >= 0.6 is 0 Å². The summed E-state index contributed by atoms with van der Waals surface area (Å²) in [5, 5.41) is 6.07. The van der Waals surface area contributed by atoms with Crippen LogP contribution in [0.25, 0.3) is 0 Å². The smallest absolute Gasteiger partial charge is 0.321 e. The summed E-state index contributed by atoms with van der Waals surface area (Å²) in [5.41, 5.74) is 2.74. The number of hydrogen-bond acceptors (Lipinski definition) is 3. The van der Waals surface area contributed by atoms with Crippen LogP contribution in [0.5, 0.6) is 0 Å². The first-order chi connectivity index (χ1) is 14.7. The Morgan fingerprint density at radius 3 is 2.33 bits per heavy atom. The molecule has 0 aromatic heterocycles. The number of benzene rings is 2. The maximum Gasteiger partial charge on any atom is 0.321 e. The van der Waals surface area contributed by atoms with Gasteiger partial charge in [0.1, 0.15) is 0 Å². The molecule has 2 saturated heterocycles. The molecular formula is C24H30N4O2. The topological polar surface area (TPSA) is 64.7 Å². The minimum atomic E-state index is -0.199. The molecule has 2 aromatic carbocycles. The van der Waals surface area contributed by atoms with Crippen LogP contribution in [0.3, 0.4) is 0 Å². The van der Waals surface area contributed by atoms with Crippen molar-refractivity contribution in [2.75, 3.05) is 41.7 Å². The Balaban J connectivity index is 1.38. The van der Waals surface area contributed by atoms with Gasteiger partial charge in [0.25, 0.3) is 0 Å². The highest BCUT2D eigenvalue weighted by molar-refractivity contribution is 5.97. The Labute approximate surface area is 178 Å². The monoisotopic (exact) mass is 406 g/mol. The fraction of sp³-hybridized carbons (Fsp3) is 0.417. The lowest BCUT2D eigenvalue weighted by Gasteiger charge is -2.33. The predicted molar refractivity (Wildman–Crippen MR) is 121 cm³/mol. The van der Waals surface area contributed by atoms with Crippen LogP contribution < -0.4 is 15.5 Å². The molecule has 0 radical (unpaired) electrons. The summed E-state index contributed by atoms with van der Waals surface area (Å²) in [4.78, 5) is 29.8. The molecule has 0 bridgehead atoms. The number of anilines is 3. The third-order valence-electron chi connectivity index (χ3n) is 5.96. The maximum absolute atomic E-state index is 13.0. The minimum Gasteiger partial charge on any atom is -0.370 e. The van der Waals surface area contributed by atoms with E-state index < -0.39 is 0 Å². The van der Waals surface area contributed by atoms with Gasteiger partial charge in [0.05, 0.1) is 17.3 Å². The van der Waals surface area contributed by atoms with Crippen LogP contribution in [-0.2, 0) is 4.79 Å². The molecule has 6 nitrogen and oxygen atoms in total. The molecule has 2 heterocycles. The Kier molecular flexibility index (Phi) is 6.52. The van der Waals surface area contributed by atoms with Gasteiger partial charge in [0, 0.05) is 31.9 Å². The van der Waals surface area contributed by atoms with Crippen molar-refractivity contribution >= 4 is 29.0 Å². The van der Waals surface area contributed by atoms with E-state index in [4.69, 9.17) is 0 Å². The summed E-state index contributed by atoms with van der Waals surface area (Å²) in [7, 11) is 0. The number of nitrogens with one attached hydrogen (secondary N) is 2. The largest absolute Gasteiger partial charge is 0.370 e. The van der Waals surface area contributed by atoms with E-state index >= 15 is 0 Å². The van der Waals surface area contributed by atoms with Crippen molar-refractivity contribution in [1.29, 1.82) is 0 Å². The first-order valence-corrected chi connectivity index (χ1v) is 11.0. The van der Waals surface area contributed by atoms with Gasteiger partial charge in [-0.2, -0.15) is 0 Å². The highest BCUT2D eigenvalue weighted by Gasteiger charge is 2.29. The molecule has 4 rings (SSSR count). The number of nitrogens with zero attached hydrogens (tertiary/aromatic N) is 2. The Morgan fingerprint density at radius 1 is 0.800 bits per heavy atom. The van der Waals surface area contributed by atoms with Crippen LogP contribution in [0.1, 0.15) is 32.1 Å². The summed E-state index contributed by atoms with van der Waals surface area (Å²) in [6.07, 6.45) is 5.28. The van der Waals surface area contributed by atoms with Gasteiger partial charge in [-0.25, -0.2) is 4.79 Å². The first-order valence-electron chi connectivity index (χ1n) is 11.0. The molecule has 2 aromatic rings. The van der Waals surface area contributed by atoms with Crippen molar-refractivity contribution in [3.63, 3.8) is 0 Å². The average molecular weight is 407 g/mol. The number of carbonyl (C=O) groups is 2. The van der Waals surface area contributed by atoms with E-state index in [1.807, 2.05) is 48.5 Å². The molecule has 0 aliphatic carbocycles. The molecule has 30 heavy (non-hydrogen) atoms. The van der Waals surface area contributed by atoms with Crippen LogP contribution in [0.2, 0.25) is 0 Å². The van der Waals surface area contributed by atoms with Gasteiger partial charge >= 0.3 is 6.03 Å². The molecule has 1 atom stereocenters. The molecule has 158 valence electrons. The number of hydrogen-bond donors (Lipinski definition) is 2. The molecule has 1 unspecified atom stereocenters. The van der Waals surface area contributed by atoms with Gasteiger partial charge < -0.3 is 20.4 Å². The van der Waals surface area contributed by atoms with Gasteiger partial charge in [0.2, 0.25) is 5.91 Å².